The molecule has 1 aromatic rings. The zero-order chi connectivity index (χ0) is 16.7. The molecule has 0 bridgehead atoms. The quantitative estimate of drug-likeness (QED) is 0.797. The van der Waals surface area contributed by atoms with Crippen molar-refractivity contribution in [3.05, 3.63) is 17.7 Å². The molecule has 1 aliphatic heterocycles. The Bertz CT molecular complexity index is 460. The van der Waals surface area contributed by atoms with Crippen molar-refractivity contribution in [3.8, 4) is 17.2 Å². The summed E-state index contributed by atoms with van der Waals surface area (Å²) in [6.07, 6.45) is 3.85. The molecule has 1 N–H and O–H groups in total. The van der Waals surface area contributed by atoms with Crippen molar-refractivity contribution in [2.75, 3.05) is 48.0 Å². The van der Waals surface area contributed by atoms with E-state index in [1.165, 1.54) is 24.8 Å². The lowest BCUT2D eigenvalue weighted by molar-refractivity contribution is 0.172. The van der Waals surface area contributed by atoms with Gasteiger partial charge < -0.3 is 19.5 Å². The predicted octanol–water partition coefficient (Wildman–Crippen LogP) is 2.53. The molecule has 5 nitrogen and oxygen atoms in total. The number of piperidine rings is 1. The Morgan fingerprint density at radius 3 is 2.13 bits per heavy atom. The van der Waals surface area contributed by atoms with Crippen molar-refractivity contribution in [1.82, 2.24) is 10.2 Å². The molecule has 0 unspecified atom stereocenters. The summed E-state index contributed by atoms with van der Waals surface area (Å²) in [5, 5.41) is 3.25. The standard InChI is InChI=1S/C18H30N2O3/c1-19-8-5-14-6-9-20(10-7-14)13-15-11-16(21-2)18(23-4)17(12-15)22-3/h11-12,14,19H,5-10,13H2,1-4H3. The first-order valence-electron chi connectivity index (χ1n) is 8.37. The number of likely N-dealkylation sites (tertiary alicyclic amines) is 1. The molecule has 5 heteroatoms. The van der Waals surface area contributed by atoms with E-state index in [0.29, 0.717) is 5.75 Å². The second kappa shape index (κ2) is 8.99. The first-order chi connectivity index (χ1) is 11.2. The van der Waals surface area contributed by atoms with Gasteiger partial charge in [0, 0.05) is 6.54 Å². The molecule has 1 fully saturated rings. The van der Waals surface area contributed by atoms with Gasteiger partial charge >= 0.3 is 0 Å². The maximum atomic E-state index is 5.44. The molecule has 23 heavy (non-hydrogen) atoms. The smallest absolute Gasteiger partial charge is 0.203 e. The Hall–Kier alpha value is -1.46. The van der Waals surface area contributed by atoms with E-state index in [1.54, 1.807) is 21.3 Å². The van der Waals surface area contributed by atoms with E-state index in [4.69, 9.17) is 14.2 Å². The van der Waals surface area contributed by atoms with Gasteiger partial charge in [-0.15, -0.1) is 0 Å². The van der Waals surface area contributed by atoms with Crippen LogP contribution in [0.3, 0.4) is 0 Å². The normalized spacial score (nSPS) is 16.3. The van der Waals surface area contributed by atoms with E-state index in [2.05, 4.69) is 22.3 Å². The number of rotatable bonds is 8. The average Bonchev–Trinajstić information content (AvgIpc) is 2.60. The van der Waals surface area contributed by atoms with Crippen molar-refractivity contribution >= 4 is 0 Å². The van der Waals surface area contributed by atoms with Crippen molar-refractivity contribution in [2.24, 2.45) is 5.92 Å². The van der Waals surface area contributed by atoms with E-state index < -0.39 is 0 Å². The van der Waals surface area contributed by atoms with Crippen LogP contribution >= 0.6 is 0 Å². The Morgan fingerprint density at radius 1 is 1.04 bits per heavy atom. The zero-order valence-corrected chi connectivity index (χ0v) is 14.9. The van der Waals surface area contributed by atoms with Gasteiger partial charge in [0.1, 0.15) is 0 Å². The summed E-state index contributed by atoms with van der Waals surface area (Å²) in [7, 11) is 6.98. The molecular weight excluding hydrogens is 292 g/mol. The summed E-state index contributed by atoms with van der Waals surface area (Å²) in [4.78, 5) is 2.51. The van der Waals surface area contributed by atoms with Crippen molar-refractivity contribution in [2.45, 2.75) is 25.8 Å². The van der Waals surface area contributed by atoms with Crippen LogP contribution in [0.1, 0.15) is 24.8 Å². The maximum absolute atomic E-state index is 5.44. The van der Waals surface area contributed by atoms with Crippen molar-refractivity contribution in [1.29, 1.82) is 0 Å². The summed E-state index contributed by atoms with van der Waals surface area (Å²) in [5.74, 6) is 2.97. The number of nitrogens with one attached hydrogen (secondary N) is 1. The van der Waals surface area contributed by atoms with Crippen LogP contribution in [-0.2, 0) is 6.54 Å². The summed E-state index contributed by atoms with van der Waals surface area (Å²) in [5.41, 5.74) is 1.20. The number of ether oxygens (including phenoxy) is 3. The molecule has 0 aromatic heterocycles. The van der Waals surface area contributed by atoms with Crippen molar-refractivity contribution < 1.29 is 14.2 Å². The number of benzene rings is 1. The van der Waals surface area contributed by atoms with Gasteiger partial charge in [0.25, 0.3) is 0 Å². The molecule has 1 saturated heterocycles. The lowest BCUT2D eigenvalue weighted by Gasteiger charge is -2.32. The Balaban J connectivity index is 1.98. The minimum absolute atomic E-state index is 0.657. The molecule has 130 valence electrons. The predicted molar refractivity (Wildman–Crippen MR) is 92.6 cm³/mol. The third-order valence-electron chi connectivity index (χ3n) is 4.64. The fraction of sp³-hybridized carbons (Fsp3) is 0.667. The van der Waals surface area contributed by atoms with Gasteiger partial charge in [0.2, 0.25) is 5.75 Å². The lowest BCUT2D eigenvalue weighted by Crippen LogP contribution is -2.34. The van der Waals surface area contributed by atoms with Crippen LogP contribution in [0, 0.1) is 5.92 Å². The van der Waals surface area contributed by atoms with Crippen LogP contribution in [0.25, 0.3) is 0 Å². The van der Waals surface area contributed by atoms with Crippen LogP contribution in [0.2, 0.25) is 0 Å². The highest BCUT2D eigenvalue weighted by Crippen LogP contribution is 2.38. The third kappa shape index (κ3) is 4.75. The molecule has 0 atom stereocenters. The Morgan fingerprint density at radius 2 is 1.65 bits per heavy atom. The van der Waals surface area contributed by atoms with E-state index in [-0.39, 0.29) is 0 Å². The van der Waals surface area contributed by atoms with Crippen molar-refractivity contribution in [3.63, 3.8) is 0 Å². The second-order valence-corrected chi connectivity index (χ2v) is 6.15. The molecule has 0 amide bonds. The lowest BCUT2D eigenvalue weighted by atomic mass is 9.93. The van der Waals surface area contributed by atoms with Crippen LogP contribution in [0.5, 0.6) is 17.2 Å². The zero-order valence-electron chi connectivity index (χ0n) is 14.9. The van der Waals surface area contributed by atoms with E-state index >= 15 is 0 Å². The summed E-state index contributed by atoms with van der Waals surface area (Å²) >= 11 is 0. The minimum atomic E-state index is 0.657. The van der Waals surface area contributed by atoms with E-state index in [0.717, 1.165) is 43.6 Å². The van der Waals surface area contributed by atoms with E-state index in [9.17, 15) is 0 Å². The summed E-state index contributed by atoms with van der Waals surface area (Å²) in [6.45, 7) is 4.36. The number of hydrogen-bond donors (Lipinski definition) is 1. The van der Waals surface area contributed by atoms with Crippen LogP contribution in [0.4, 0.5) is 0 Å². The molecule has 1 aromatic carbocycles. The highest BCUT2D eigenvalue weighted by atomic mass is 16.5. The molecule has 0 radical (unpaired) electrons. The topological polar surface area (TPSA) is 43.0 Å². The minimum Gasteiger partial charge on any atom is -0.493 e. The molecule has 0 aliphatic carbocycles. The fourth-order valence-corrected chi connectivity index (χ4v) is 3.27. The van der Waals surface area contributed by atoms with Gasteiger partial charge in [-0.3, -0.25) is 4.90 Å². The third-order valence-corrected chi connectivity index (χ3v) is 4.64. The molecular formula is C18H30N2O3. The molecule has 2 rings (SSSR count). The van der Waals surface area contributed by atoms with Crippen LogP contribution in [0.15, 0.2) is 12.1 Å². The first-order valence-corrected chi connectivity index (χ1v) is 8.37. The first kappa shape index (κ1) is 17.9. The van der Waals surface area contributed by atoms with Gasteiger partial charge in [-0.2, -0.15) is 0 Å². The van der Waals surface area contributed by atoms with Gasteiger partial charge in [-0.05, 0) is 69.6 Å². The highest BCUT2D eigenvalue weighted by Gasteiger charge is 2.20. The van der Waals surface area contributed by atoms with Gasteiger partial charge in [-0.1, -0.05) is 0 Å². The van der Waals surface area contributed by atoms with E-state index in [1.807, 2.05) is 7.05 Å². The fourth-order valence-electron chi connectivity index (χ4n) is 3.27. The second-order valence-electron chi connectivity index (χ2n) is 6.15. The monoisotopic (exact) mass is 322 g/mol. The largest absolute Gasteiger partial charge is 0.493 e. The van der Waals surface area contributed by atoms with Gasteiger partial charge in [0.15, 0.2) is 11.5 Å². The summed E-state index contributed by atoms with van der Waals surface area (Å²) < 4.78 is 16.3. The highest BCUT2D eigenvalue weighted by molar-refractivity contribution is 5.53. The molecule has 1 heterocycles. The number of methoxy groups -OCH3 is 3. The average molecular weight is 322 g/mol. The molecule has 1 aliphatic rings. The van der Waals surface area contributed by atoms with Gasteiger partial charge in [0.05, 0.1) is 21.3 Å². The Kier molecular flexibility index (Phi) is 6.99. The SMILES string of the molecule is CNCCC1CCN(Cc2cc(OC)c(OC)c(OC)c2)CC1. The number of hydrogen-bond acceptors (Lipinski definition) is 5. The number of nitrogens with zero attached hydrogens (tertiary/aromatic N) is 1. The summed E-state index contributed by atoms with van der Waals surface area (Å²) in [6, 6.07) is 4.10. The maximum Gasteiger partial charge on any atom is 0.203 e. The molecule has 0 spiro atoms. The van der Waals surface area contributed by atoms with Crippen LogP contribution in [-0.4, -0.2) is 52.9 Å². The van der Waals surface area contributed by atoms with Gasteiger partial charge in [-0.25, -0.2) is 0 Å². The Labute approximate surface area is 139 Å². The van der Waals surface area contributed by atoms with Crippen LogP contribution < -0.4 is 19.5 Å². The molecule has 0 saturated carbocycles.